The first-order valence-corrected chi connectivity index (χ1v) is 5.58. The first-order valence-electron chi connectivity index (χ1n) is 5.58. The Hall–Kier alpha value is -1.55. The van der Waals surface area contributed by atoms with Gasteiger partial charge in [-0.1, -0.05) is 6.07 Å². The van der Waals surface area contributed by atoms with Crippen molar-refractivity contribution in [2.45, 2.75) is 26.4 Å². The lowest BCUT2D eigenvalue weighted by atomic mass is 10.1. The molecule has 1 aromatic rings. The van der Waals surface area contributed by atoms with Crippen molar-refractivity contribution in [1.82, 2.24) is 0 Å². The van der Waals surface area contributed by atoms with E-state index in [1.807, 2.05) is 25.1 Å². The van der Waals surface area contributed by atoms with Gasteiger partial charge < -0.3 is 16.0 Å². The molecule has 0 fully saturated rings. The maximum Gasteiger partial charge on any atom is 0.246 e. The van der Waals surface area contributed by atoms with Crippen LogP contribution in [0, 0.1) is 0 Å². The zero-order valence-electron chi connectivity index (χ0n) is 9.66. The molecule has 2 rings (SSSR count). The summed E-state index contributed by atoms with van der Waals surface area (Å²) in [6.45, 7) is 5.28. The van der Waals surface area contributed by atoms with Crippen LogP contribution in [0.4, 0.5) is 11.4 Å². The molecule has 1 unspecified atom stereocenters. The van der Waals surface area contributed by atoms with Crippen molar-refractivity contribution in [3.8, 4) is 0 Å². The Morgan fingerprint density at radius 1 is 1.50 bits per heavy atom. The molecule has 3 N–H and O–H groups in total. The largest absolute Gasteiger partial charge is 0.358 e. The van der Waals surface area contributed by atoms with Crippen molar-refractivity contribution in [1.29, 1.82) is 0 Å². The number of fused-ring (bicyclic) bond motifs is 1. The number of nitrogens with two attached hydrogens (primary N) is 1. The van der Waals surface area contributed by atoms with Gasteiger partial charge in [0, 0.05) is 13.1 Å². The Bertz CT molecular complexity index is 417. The zero-order valence-corrected chi connectivity index (χ0v) is 9.66. The molecule has 0 saturated heterocycles. The molecule has 16 heavy (non-hydrogen) atoms. The van der Waals surface area contributed by atoms with Crippen LogP contribution in [0.15, 0.2) is 18.2 Å². The molecule has 0 saturated carbocycles. The van der Waals surface area contributed by atoms with Crippen molar-refractivity contribution in [2.24, 2.45) is 5.73 Å². The highest BCUT2D eigenvalue weighted by Gasteiger charge is 2.28. The van der Waals surface area contributed by atoms with Crippen LogP contribution in [0.1, 0.15) is 19.4 Å². The van der Waals surface area contributed by atoms with Gasteiger partial charge in [0.05, 0.1) is 11.4 Å². The quantitative estimate of drug-likeness (QED) is 0.788. The average Bonchev–Trinajstić information content (AvgIpc) is 2.30. The van der Waals surface area contributed by atoms with E-state index < -0.39 is 0 Å². The van der Waals surface area contributed by atoms with E-state index in [2.05, 4.69) is 17.1 Å². The van der Waals surface area contributed by atoms with Gasteiger partial charge in [0.25, 0.3) is 0 Å². The molecular weight excluding hydrogens is 202 g/mol. The molecule has 0 radical (unpaired) electrons. The van der Waals surface area contributed by atoms with Crippen molar-refractivity contribution >= 4 is 17.3 Å². The Morgan fingerprint density at radius 3 is 2.88 bits per heavy atom. The lowest BCUT2D eigenvalue weighted by Crippen LogP contribution is -2.46. The number of nitrogens with zero attached hydrogens (tertiary/aromatic N) is 1. The summed E-state index contributed by atoms with van der Waals surface area (Å²) in [5.41, 5.74) is 8.56. The fraction of sp³-hybridized carbons (Fsp3) is 0.417. The molecule has 1 aromatic carbocycles. The van der Waals surface area contributed by atoms with E-state index in [9.17, 15) is 4.79 Å². The molecule has 1 heterocycles. The molecule has 0 bridgehead atoms. The molecule has 0 aromatic heterocycles. The van der Waals surface area contributed by atoms with E-state index in [0.29, 0.717) is 6.54 Å². The van der Waals surface area contributed by atoms with Crippen LogP contribution in [0.3, 0.4) is 0 Å². The van der Waals surface area contributed by atoms with E-state index in [0.717, 1.165) is 23.5 Å². The minimum Gasteiger partial charge on any atom is -0.358 e. The summed E-state index contributed by atoms with van der Waals surface area (Å²) in [6, 6.07) is 5.87. The lowest BCUT2D eigenvalue weighted by molar-refractivity contribution is -0.117. The SMILES string of the molecule is CCN1c2ccc(CN)cc2NC(=O)C1C. The first kappa shape index (κ1) is 11.0. The molecule has 1 aliphatic heterocycles. The van der Waals surface area contributed by atoms with Crippen LogP contribution >= 0.6 is 0 Å². The van der Waals surface area contributed by atoms with Crippen LogP contribution < -0.4 is 16.0 Å². The highest BCUT2D eigenvalue weighted by atomic mass is 16.2. The topological polar surface area (TPSA) is 58.4 Å². The van der Waals surface area contributed by atoms with Crippen LogP contribution in [-0.2, 0) is 11.3 Å². The van der Waals surface area contributed by atoms with E-state index >= 15 is 0 Å². The minimum atomic E-state index is -0.110. The Balaban J connectivity index is 2.46. The lowest BCUT2D eigenvalue weighted by Gasteiger charge is -2.35. The molecule has 0 spiro atoms. The van der Waals surface area contributed by atoms with Crippen molar-refractivity contribution in [2.75, 3.05) is 16.8 Å². The fourth-order valence-corrected chi connectivity index (χ4v) is 2.09. The number of carbonyl (C=O) groups excluding carboxylic acids is 1. The summed E-state index contributed by atoms with van der Waals surface area (Å²) in [4.78, 5) is 13.8. The molecular formula is C12H17N3O. The number of rotatable bonds is 2. The predicted octanol–water partition coefficient (Wildman–Crippen LogP) is 1.31. The molecule has 4 nitrogen and oxygen atoms in total. The Kier molecular flexibility index (Phi) is 2.83. The third kappa shape index (κ3) is 1.65. The highest BCUT2D eigenvalue weighted by molar-refractivity contribution is 6.03. The second-order valence-electron chi connectivity index (χ2n) is 4.01. The highest BCUT2D eigenvalue weighted by Crippen LogP contribution is 2.32. The van der Waals surface area contributed by atoms with Crippen LogP contribution in [0.25, 0.3) is 0 Å². The second-order valence-corrected chi connectivity index (χ2v) is 4.01. The number of hydrogen-bond donors (Lipinski definition) is 2. The van der Waals surface area contributed by atoms with Crippen LogP contribution in [-0.4, -0.2) is 18.5 Å². The average molecular weight is 219 g/mol. The number of likely N-dealkylation sites (N-methyl/N-ethyl adjacent to an activating group) is 1. The van der Waals surface area contributed by atoms with Crippen LogP contribution in [0.5, 0.6) is 0 Å². The molecule has 0 aliphatic carbocycles. The smallest absolute Gasteiger partial charge is 0.246 e. The van der Waals surface area contributed by atoms with E-state index in [-0.39, 0.29) is 11.9 Å². The summed E-state index contributed by atoms with van der Waals surface area (Å²) in [5, 5.41) is 2.91. The molecule has 86 valence electrons. The van der Waals surface area contributed by atoms with Crippen molar-refractivity contribution in [3.05, 3.63) is 23.8 Å². The predicted molar refractivity (Wildman–Crippen MR) is 65.4 cm³/mol. The van der Waals surface area contributed by atoms with Gasteiger partial charge in [-0.3, -0.25) is 4.79 Å². The van der Waals surface area contributed by atoms with Gasteiger partial charge in [-0.25, -0.2) is 0 Å². The standard InChI is InChI=1S/C12H17N3O/c1-3-15-8(2)12(16)14-10-6-9(7-13)4-5-11(10)15/h4-6,8H,3,7,13H2,1-2H3,(H,14,16). The number of amides is 1. The van der Waals surface area contributed by atoms with E-state index in [1.165, 1.54) is 0 Å². The molecule has 1 atom stereocenters. The number of nitrogens with one attached hydrogen (secondary N) is 1. The van der Waals surface area contributed by atoms with Crippen molar-refractivity contribution < 1.29 is 4.79 Å². The summed E-state index contributed by atoms with van der Waals surface area (Å²) >= 11 is 0. The Labute approximate surface area is 95.4 Å². The molecule has 4 heteroatoms. The number of hydrogen-bond acceptors (Lipinski definition) is 3. The van der Waals surface area contributed by atoms with Gasteiger partial charge >= 0.3 is 0 Å². The minimum absolute atomic E-state index is 0.0449. The normalized spacial score (nSPS) is 19.3. The maximum atomic E-state index is 11.7. The number of carbonyl (C=O) groups is 1. The van der Waals surface area contributed by atoms with Gasteiger partial charge in [-0.2, -0.15) is 0 Å². The Morgan fingerprint density at radius 2 is 2.25 bits per heavy atom. The van der Waals surface area contributed by atoms with Crippen molar-refractivity contribution in [3.63, 3.8) is 0 Å². The monoisotopic (exact) mass is 219 g/mol. The fourth-order valence-electron chi connectivity index (χ4n) is 2.09. The van der Waals surface area contributed by atoms with Gasteiger partial charge in [0.2, 0.25) is 5.91 Å². The zero-order chi connectivity index (χ0) is 11.7. The summed E-state index contributed by atoms with van der Waals surface area (Å²) in [6.07, 6.45) is 0. The first-order chi connectivity index (χ1) is 7.67. The molecule has 1 amide bonds. The number of benzene rings is 1. The maximum absolute atomic E-state index is 11.7. The van der Waals surface area contributed by atoms with Gasteiger partial charge in [-0.05, 0) is 31.5 Å². The third-order valence-electron chi connectivity index (χ3n) is 3.05. The van der Waals surface area contributed by atoms with Gasteiger partial charge in [0.15, 0.2) is 0 Å². The van der Waals surface area contributed by atoms with E-state index in [4.69, 9.17) is 5.73 Å². The van der Waals surface area contributed by atoms with E-state index in [1.54, 1.807) is 0 Å². The van der Waals surface area contributed by atoms with Gasteiger partial charge in [0.1, 0.15) is 6.04 Å². The molecule has 1 aliphatic rings. The van der Waals surface area contributed by atoms with Gasteiger partial charge in [-0.15, -0.1) is 0 Å². The van der Waals surface area contributed by atoms with Crippen LogP contribution in [0.2, 0.25) is 0 Å². The number of anilines is 2. The third-order valence-corrected chi connectivity index (χ3v) is 3.05. The summed E-state index contributed by atoms with van der Waals surface area (Å²) < 4.78 is 0. The summed E-state index contributed by atoms with van der Waals surface area (Å²) in [7, 11) is 0. The second kappa shape index (κ2) is 4.14. The summed E-state index contributed by atoms with van der Waals surface area (Å²) in [5.74, 6) is 0.0449.